The number of aryl methyl sites for hydroxylation is 2. The second-order valence-corrected chi connectivity index (χ2v) is 5.08. The summed E-state index contributed by atoms with van der Waals surface area (Å²) in [6, 6.07) is 4.15. The molecule has 0 unspecified atom stereocenters. The molecule has 1 aliphatic rings. The molecule has 0 atom stereocenters. The highest BCUT2D eigenvalue weighted by Gasteiger charge is 2.32. The highest BCUT2D eigenvalue weighted by atomic mass is 16.5. The topological polar surface area (TPSA) is 64.3 Å². The Balaban J connectivity index is 2.15. The number of carbonyl (C=O) groups is 1. The highest BCUT2D eigenvalue weighted by Crippen LogP contribution is 2.32. The number of benzene rings is 1. The normalized spacial score (nSPS) is 22.2. The highest BCUT2D eigenvalue weighted by molar-refractivity contribution is 5.95. The molecule has 1 aromatic carbocycles. The lowest BCUT2D eigenvalue weighted by atomic mass is 9.80. The molecule has 0 radical (unpaired) electrons. The van der Waals surface area contributed by atoms with Crippen molar-refractivity contribution in [3.8, 4) is 5.75 Å². The Bertz CT molecular complexity index is 465. The van der Waals surface area contributed by atoms with Gasteiger partial charge in [-0.05, 0) is 43.9 Å². The predicted octanol–water partition coefficient (Wildman–Crippen LogP) is 1.99. The molecule has 1 amide bonds. The van der Waals surface area contributed by atoms with Crippen LogP contribution in [-0.4, -0.2) is 19.1 Å². The minimum absolute atomic E-state index is 0.0417. The van der Waals surface area contributed by atoms with Gasteiger partial charge >= 0.3 is 0 Å². The van der Waals surface area contributed by atoms with Crippen molar-refractivity contribution in [3.05, 3.63) is 23.3 Å². The number of methoxy groups -OCH3 is 1. The van der Waals surface area contributed by atoms with Crippen molar-refractivity contribution >= 4 is 11.6 Å². The lowest BCUT2D eigenvalue weighted by Gasteiger charge is -2.31. The lowest BCUT2D eigenvalue weighted by molar-refractivity contribution is -0.122. The van der Waals surface area contributed by atoms with Crippen molar-refractivity contribution in [1.29, 1.82) is 0 Å². The molecule has 3 N–H and O–H groups in total. The van der Waals surface area contributed by atoms with Crippen LogP contribution in [0.15, 0.2) is 12.1 Å². The van der Waals surface area contributed by atoms with E-state index in [9.17, 15) is 4.79 Å². The molecule has 18 heavy (non-hydrogen) atoms. The first kappa shape index (κ1) is 12.9. The van der Waals surface area contributed by atoms with Crippen LogP contribution < -0.4 is 15.8 Å². The van der Waals surface area contributed by atoms with Crippen LogP contribution in [0, 0.1) is 19.8 Å². The molecule has 98 valence electrons. The van der Waals surface area contributed by atoms with E-state index in [-0.39, 0.29) is 17.9 Å². The molecule has 1 saturated carbocycles. The van der Waals surface area contributed by atoms with Crippen LogP contribution in [0.5, 0.6) is 5.75 Å². The number of hydrogen-bond donors (Lipinski definition) is 2. The minimum atomic E-state index is 0.0417. The average Bonchev–Trinajstić information content (AvgIpc) is 2.24. The van der Waals surface area contributed by atoms with Gasteiger partial charge in [0.15, 0.2) is 0 Å². The van der Waals surface area contributed by atoms with Gasteiger partial charge in [-0.3, -0.25) is 4.79 Å². The number of rotatable bonds is 3. The molecule has 0 spiro atoms. The second kappa shape index (κ2) is 4.98. The van der Waals surface area contributed by atoms with Crippen LogP contribution in [0.3, 0.4) is 0 Å². The summed E-state index contributed by atoms with van der Waals surface area (Å²) in [6.07, 6.45) is 1.55. The summed E-state index contributed by atoms with van der Waals surface area (Å²) in [5.41, 5.74) is 8.58. The van der Waals surface area contributed by atoms with E-state index in [1.807, 2.05) is 26.0 Å². The number of nitrogens with two attached hydrogens (primary N) is 1. The van der Waals surface area contributed by atoms with Gasteiger partial charge in [-0.1, -0.05) is 6.07 Å². The van der Waals surface area contributed by atoms with Crippen LogP contribution in [0.25, 0.3) is 0 Å². The van der Waals surface area contributed by atoms with Crippen molar-refractivity contribution in [2.45, 2.75) is 32.7 Å². The summed E-state index contributed by atoms with van der Waals surface area (Å²) in [6.45, 7) is 3.97. The number of ether oxygens (including phenoxy) is 1. The van der Waals surface area contributed by atoms with E-state index in [2.05, 4.69) is 5.32 Å². The van der Waals surface area contributed by atoms with Crippen molar-refractivity contribution in [2.24, 2.45) is 11.7 Å². The zero-order chi connectivity index (χ0) is 13.3. The Labute approximate surface area is 108 Å². The van der Waals surface area contributed by atoms with E-state index in [1.54, 1.807) is 7.11 Å². The Morgan fingerprint density at radius 3 is 2.61 bits per heavy atom. The molecule has 0 bridgehead atoms. The molecule has 1 fully saturated rings. The van der Waals surface area contributed by atoms with Crippen LogP contribution in [0.4, 0.5) is 5.69 Å². The van der Waals surface area contributed by atoms with Crippen LogP contribution in [0.1, 0.15) is 24.0 Å². The van der Waals surface area contributed by atoms with E-state index in [0.717, 1.165) is 35.4 Å². The maximum Gasteiger partial charge on any atom is 0.227 e. The monoisotopic (exact) mass is 248 g/mol. The van der Waals surface area contributed by atoms with Gasteiger partial charge in [-0.25, -0.2) is 0 Å². The third kappa shape index (κ3) is 2.48. The molecule has 0 aliphatic heterocycles. The van der Waals surface area contributed by atoms with E-state index < -0.39 is 0 Å². The van der Waals surface area contributed by atoms with E-state index in [4.69, 9.17) is 10.5 Å². The van der Waals surface area contributed by atoms with Gasteiger partial charge in [0.2, 0.25) is 5.91 Å². The summed E-state index contributed by atoms with van der Waals surface area (Å²) < 4.78 is 5.35. The van der Waals surface area contributed by atoms with Crippen LogP contribution in [0.2, 0.25) is 0 Å². The first-order valence-electron chi connectivity index (χ1n) is 6.23. The third-order valence-corrected chi connectivity index (χ3v) is 3.43. The molecule has 0 saturated heterocycles. The third-order valence-electron chi connectivity index (χ3n) is 3.43. The molecule has 0 heterocycles. The molecular formula is C14H20N2O2. The smallest absolute Gasteiger partial charge is 0.227 e. The van der Waals surface area contributed by atoms with E-state index >= 15 is 0 Å². The standard InChI is InChI=1S/C14H20N2O2/c1-8-4-9(2)13(18-3)12(5-8)16-14(17)10-6-11(15)7-10/h4-5,10-11H,6-7,15H2,1-3H3,(H,16,17). The maximum atomic E-state index is 12.0. The average molecular weight is 248 g/mol. The lowest BCUT2D eigenvalue weighted by Crippen LogP contribution is -2.42. The number of amides is 1. The Morgan fingerprint density at radius 1 is 1.39 bits per heavy atom. The fraction of sp³-hybridized carbons (Fsp3) is 0.500. The van der Waals surface area contributed by atoms with Crippen LogP contribution >= 0.6 is 0 Å². The summed E-state index contributed by atoms with van der Waals surface area (Å²) in [5, 5.41) is 2.95. The maximum absolute atomic E-state index is 12.0. The molecule has 4 heteroatoms. The second-order valence-electron chi connectivity index (χ2n) is 5.08. The Kier molecular flexibility index (Phi) is 3.57. The fourth-order valence-corrected chi connectivity index (χ4v) is 2.43. The predicted molar refractivity (Wildman–Crippen MR) is 71.8 cm³/mol. The van der Waals surface area contributed by atoms with Crippen molar-refractivity contribution in [2.75, 3.05) is 12.4 Å². The van der Waals surface area contributed by atoms with Crippen molar-refractivity contribution < 1.29 is 9.53 Å². The van der Waals surface area contributed by atoms with Crippen molar-refractivity contribution in [1.82, 2.24) is 0 Å². The zero-order valence-electron chi connectivity index (χ0n) is 11.1. The summed E-state index contributed by atoms with van der Waals surface area (Å²) >= 11 is 0. The molecule has 2 rings (SSSR count). The molecule has 1 aromatic rings. The largest absolute Gasteiger partial charge is 0.494 e. The first-order valence-corrected chi connectivity index (χ1v) is 6.23. The molecule has 0 aromatic heterocycles. The Hall–Kier alpha value is -1.55. The van der Waals surface area contributed by atoms with Gasteiger partial charge in [0.05, 0.1) is 12.8 Å². The first-order chi connectivity index (χ1) is 8.51. The van der Waals surface area contributed by atoms with Gasteiger partial charge in [0.1, 0.15) is 5.75 Å². The number of anilines is 1. The van der Waals surface area contributed by atoms with Crippen molar-refractivity contribution in [3.63, 3.8) is 0 Å². The van der Waals surface area contributed by atoms with Crippen LogP contribution in [-0.2, 0) is 4.79 Å². The van der Waals surface area contributed by atoms with Gasteiger partial charge in [-0.15, -0.1) is 0 Å². The van der Waals surface area contributed by atoms with Gasteiger partial charge in [0.25, 0.3) is 0 Å². The summed E-state index contributed by atoms with van der Waals surface area (Å²) in [7, 11) is 1.62. The molecular weight excluding hydrogens is 228 g/mol. The van der Waals surface area contributed by atoms with Gasteiger partial charge in [-0.2, -0.15) is 0 Å². The fourth-order valence-electron chi connectivity index (χ4n) is 2.43. The SMILES string of the molecule is COc1c(C)cc(C)cc1NC(=O)C1CC(N)C1. The van der Waals surface area contributed by atoms with Gasteiger partial charge in [0, 0.05) is 12.0 Å². The number of carbonyl (C=O) groups excluding carboxylic acids is 1. The number of hydrogen-bond acceptors (Lipinski definition) is 3. The minimum Gasteiger partial charge on any atom is -0.494 e. The number of nitrogens with one attached hydrogen (secondary N) is 1. The van der Waals surface area contributed by atoms with Gasteiger partial charge < -0.3 is 15.8 Å². The zero-order valence-corrected chi connectivity index (χ0v) is 11.1. The summed E-state index contributed by atoms with van der Waals surface area (Å²) in [4.78, 5) is 12.0. The quantitative estimate of drug-likeness (QED) is 0.859. The summed E-state index contributed by atoms with van der Waals surface area (Å²) in [5.74, 6) is 0.822. The molecule has 4 nitrogen and oxygen atoms in total. The molecule has 1 aliphatic carbocycles. The van der Waals surface area contributed by atoms with E-state index in [0.29, 0.717) is 0 Å². The van der Waals surface area contributed by atoms with E-state index in [1.165, 1.54) is 0 Å². The Morgan fingerprint density at radius 2 is 2.06 bits per heavy atom.